The van der Waals surface area contributed by atoms with Crippen molar-refractivity contribution in [2.24, 2.45) is 35.5 Å². The summed E-state index contributed by atoms with van der Waals surface area (Å²) < 4.78 is 0. The molecule has 0 heteroatoms. The molecule has 4 rings (SSSR count). The van der Waals surface area contributed by atoms with Crippen LogP contribution in [0, 0.1) is 41.9 Å². The molecule has 14 heavy (non-hydrogen) atoms. The monoisotopic (exact) mass is 187 g/mol. The van der Waals surface area contributed by atoms with E-state index in [1.54, 1.807) is 12.8 Å². The van der Waals surface area contributed by atoms with Crippen LogP contribution < -0.4 is 0 Å². The van der Waals surface area contributed by atoms with Gasteiger partial charge in [-0.3, -0.25) is 0 Å². The summed E-state index contributed by atoms with van der Waals surface area (Å²) in [5.41, 5.74) is 0. The summed E-state index contributed by atoms with van der Waals surface area (Å²) in [5, 5.41) is 0. The topological polar surface area (TPSA) is 0 Å². The first kappa shape index (κ1) is 7.96. The highest BCUT2D eigenvalue weighted by molar-refractivity contribution is 5.14. The second-order valence-corrected chi connectivity index (χ2v) is 6.04. The lowest BCUT2D eigenvalue weighted by Gasteiger charge is -2.31. The first-order valence-corrected chi connectivity index (χ1v) is 6.43. The lowest BCUT2D eigenvalue weighted by atomic mass is 9.74. The van der Waals surface area contributed by atoms with Crippen LogP contribution in [0.3, 0.4) is 0 Å². The SMILES string of the molecule is [CH]1C2CCC(C3CC4C=CC3C4)CC12. The molecule has 4 aliphatic rings. The third kappa shape index (κ3) is 1.06. The fourth-order valence-electron chi connectivity index (χ4n) is 4.45. The van der Waals surface area contributed by atoms with Gasteiger partial charge in [-0.05, 0) is 74.0 Å². The predicted octanol–water partition coefficient (Wildman–Crippen LogP) is 3.45. The molecule has 0 N–H and O–H groups in total. The van der Waals surface area contributed by atoms with Gasteiger partial charge in [-0.15, -0.1) is 0 Å². The first-order chi connectivity index (χ1) is 6.90. The van der Waals surface area contributed by atoms with Crippen molar-refractivity contribution in [3.63, 3.8) is 0 Å². The lowest BCUT2D eigenvalue weighted by Crippen LogP contribution is -2.22. The molecule has 0 aromatic heterocycles. The van der Waals surface area contributed by atoms with Crippen molar-refractivity contribution in [1.29, 1.82) is 0 Å². The van der Waals surface area contributed by atoms with Crippen LogP contribution in [0.4, 0.5) is 0 Å². The Bertz CT molecular complexity index is 278. The fourth-order valence-corrected chi connectivity index (χ4v) is 4.45. The van der Waals surface area contributed by atoms with Crippen LogP contribution in [0.5, 0.6) is 0 Å². The molecule has 4 aliphatic carbocycles. The van der Waals surface area contributed by atoms with Gasteiger partial charge in [0, 0.05) is 0 Å². The van der Waals surface area contributed by atoms with Crippen molar-refractivity contribution in [3.05, 3.63) is 18.6 Å². The number of allylic oxidation sites excluding steroid dienone is 2. The second-order valence-electron chi connectivity index (χ2n) is 6.04. The normalized spacial score (nSPS) is 58.9. The van der Waals surface area contributed by atoms with Gasteiger partial charge in [0.1, 0.15) is 0 Å². The fraction of sp³-hybridized carbons (Fsp3) is 0.786. The molecule has 1 radical (unpaired) electrons. The van der Waals surface area contributed by atoms with Crippen LogP contribution in [0.1, 0.15) is 32.1 Å². The van der Waals surface area contributed by atoms with Crippen LogP contribution in [0.2, 0.25) is 0 Å². The molecule has 3 fully saturated rings. The zero-order valence-corrected chi connectivity index (χ0v) is 8.73. The summed E-state index contributed by atoms with van der Waals surface area (Å²) in [7, 11) is 0. The Labute approximate surface area is 86.8 Å². The summed E-state index contributed by atoms with van der Waals surface area (Å²) >= 11 is 0. The van der Waals surface area contributed by atoms with Crippen LogP contribution in [0.25, 0.3) is 0 Å². The summed E-state index contributed by atoms with van der Waals surface area (Å²) in [6.07, 6.45) is 15.3. The molecule has 0 aromatic carbocycles. The van der Waals surface area contributed by atoms with Crippen molar-refractivity contribution in [1.82, 2.24) is 0 Å². The van der Waals surface area contributed by atoms with Gasteiger partial charge < -0.3 is 0 Å². The zero-order chi connectivity index (χ0) is 9.12. The number of hydrogen-bond donors (Lipinski definition) is 0. The molecule has 0 spiro atoms. The molecule has 0 nitrogen and oxygen atoms in total. The van der Waals surface area contributed by atoms with Crippen molar-refractivity contribution in [2.75, 3.05) is 0 Å². The van der Waals surface area contributed by atoms with Crippen molar-refractivity contribution < 1.29 is 0 Å². The van der Waals surface area contributed by atoms with Gasteiger partial charge in [-0.1, -0.05) is 12.2 Å². The van der Waals surface area contributed by atoms with Gasteiger partial charge in [-0.2, -0.15) is 0 Å². The Morgan fingerprint density at radius 3 is 2.50 bits per heavy atom. The van der Waals surface area contributed by atoms with E-state index < -0.39 is 0 Å². The maximum absolute atomic E-state index is 2.60. The van der Waals surface area contributed by atoms with E-state index in [2.05, 4.69) is 18.6 Å². The smallest absolute Gasteiger partial charge is 0.0197 e. The average molecular weight is 187 g/mol. The molecule has 6 unspecified atom stereocenters. The lowest BCUT2D eigenvalue weighted by molar-refractivity contribution is 0.212. The molecular weight excluding hydrogens is 168 g/mol. The van der Waals surface area contributed by atoms with Gasteiger partial charge in [0.2, 0.25) is 0 Å². The number of rotatable bonds is 1. The van der Waals surface area contributed by atoms with E-state index in [0.717, 1.165) is 35.5 Å². The Kier molecular flexibility index (Phi) is 1.51. The third-order valence-corrected chi connectivity index (χ3v) is 5.28. The number of hydrogen-bond acceptors (Lipinski definition) is 0. The Hall–Kier alpha value is -0.260. The summed E-state index contributed by atoms with van der Waals surface area (Å²) in [5.74, 6) is 6.25. The highest BCUT2D eigenvalue weighted by Crippen LogP contribution is 2.56. The van der Waals surface area contributed by atoms with Gasteiger partial charge in [0.25, 0.3) is 0 Å². The van der Waals surface area contributed by atoms with Gasteiger partial charge in [0.15, 0.2) is 0 Å². The quantitative estimate of drug-likeness (QED) is 0.552. The Balaban J connectivity index is 1.50. The first-order valence-electron chi connectivity index (χ1n) is 6.43. The maximum atomic E-state index is 2.60. The average Bonchev–Trinajstić information content (AvgIpc) is 2.67. The Morgan fingerprint density at radius 1 is 0.786 bits per heavy atom. The van der Waals surface area contributed by atoms with Gasteiger partial charge in [0.05, 0.1) is 0 Å². The van der Waals surface area contributed by atoms with E-state index in [-0.39, 0.29) is 0 Å². The summed E-state index contributed by atoms with van der Waals surface area (Å²) in [4.78, 5) is 0. The minimum absolute atomic E-state index is 0.978. The largest absolute Gasteiger partial charge is 0.0851 e. The molecule has 0 aliphatic heterocycles. The van der Waals surface area contributed by atoms with E-state index in [9.17, 15) is 0 Å². The minimum atomic E-state index is 0.978. The molecule has 0 aromatic rings. The maximum Gasteiger partial charge on any atom is -0.0197 e. The van der Waals surface area contributed by atoms with Gasteiger partial charge >= 0.3 is 0 Å². The molecule has 2 bridgehead atoms. The molecular formula is C14H19. The van der Waals surface area contributed by atoms with Crippen molar-refractivity contribution in [2.45, 2.75) is 32.1 Å². The highest BCUT2D eigenvalue weighted by Gasteiger charge is 2.47. The van der Waals surface area contributed by atoms with E-state index in [4.69, 9.17) is 0 Å². The van der Waals surface area contributed by atoms with Crippen LogP contribution in [-0.2, 0) is 0 Å². The van der Waals surface area contributed by atoms with Crippen molar-refractivity contribution in [3.8, 4) is 0 Å². The van der Waals surface area contributed by atoms with E-state index in [0.29, 0.717) is 0 Å². The molecule has 0 saturated heterocycles. The standard InChI is InChI=1S/C14H19/c1-2-11-5-9(1)6-14(11)12-4-3-10-7-13(10)8-12/h1-2,7,9-14H,3-6,8H2. The van der Waals surface area contributed by atoms with Crippen LogP contribution in [0.15, 0.2) is 12.2 Å². The van der Waals surface area contributed by atoms with Crippen LogP contribution >= 0.6 is 0 Å². The molecule has 3 saturated carbocycles. The van der Waals surface area contributed by atoms with Crippen molar-refractivity contribution >= 4 is 0 Å². The van der Waals surface area contributed by atoms with Gasteiger partial charge in [-0.25, -0.2) is 0 Å². The summed E-state index contributed by atoms with van der Waals surface area (Å²) in [6.45, 7) is 0. The molecule has 0 heterocycles. The predicted molar refractivity (Wildman–Crippen MR) is 57.5 cm³/mol. The summed E-state index contributed by atoms with van der Waals surface area (Å²) in [6, 6.07) is 0. The second kappa shape index (κ2) is 2.65. The van der Waals surface area contributed by atoms with Crippen LogP contribution in [-0.4, -0.2) is 0 Å². The van der Waals surface area contributed by atoms with E-state index in [1.165, 1.54) is 19.3 Å². The highest BCUT2D eigenvalue weighted by atomic mass is 14.5. The minimum Gasteiger partial charge on any atom is -0.0851 e. The zero-order valence-electron chi connectivity index (χ0n) is 8.73. The molecule has 6 atom stereocenters. The Morgan fingerprint density at radius 2 is 1.79 bits per heavy atom. The third-order valence-electron chi connectivity index (χ3n) is 5.28. The number of fused-ring (bicyclic) bond motifs is 3. The van der Waals surface area contributed by atoms with E-state index in [1.807, 2.05) is 0 Å². The van der Waals surface area contributed by atoms with E-state index >= 15 is 0 Å². The molecule has 75 valence electrons. The molecule has 0 amide bonds.